The first-order valence-corrected chi connectivity index (χ1v) is 15.1. The molecule has 0 spiro atoms. The Morgan fingerprint density at radius 1 is 0.950 bits per heavy atom. The highest BCUT2D eigenvalue weighted by Crippen LogP contribution is 2.27. The maximum absolute atomic E-state index is 14.1. The van der Waals surface area contributed by atoms with Gasteiger partial charge in [-0.05, 0) is 82.5 Å². The number of halogens is 1. The SMILES string of the molecule is CC[C@@H](C(=O)NC(C)(C)C)N(Cc1ccccc1C)C(=O)CN(c1cccc(Cl)c1)S(=O)(=O)c1ccc(C)cc1. The Morgan fingerprint density at radius 2 is 1.60 bits per heavy atom. The van der Waals surface area contributed by atoms with E-state index in [-0.39, 0.29) is 23.0 Å². The molecule has 0 aliphatic heterocycles. The molecular formula is C31H38ClN3O4S. The molecule has 0 saturated heterocycles. The van der Waals surface area contributed by atoms with E-state index in [1.165, 1.54) is 23.1 Å². The van der Waals surface area contributed by atoms with Crippen molar-refractivity contribution in [2.75, 3.05) is 10.8 Å². The lowest BCUT2D eigenvalue weighted by molar-refractivity contribution is -0.141. The van der Waals surface area contributed by atoms with Gasteiger partial charge >= 0.3 is 0 Å². The molecule has 0 aliphatic rings. The zero-order valence-electron chi connectivity index (χ0n) is 23.9. The molecule has 1 N–H and O–H groups in total. The van der Waals surface area contributed by atoms with Crippen LogP contribution < -0.4 is 9.62 Å². The summed E-state index contributed by atoms with van der Waals surface area (Å²) in [7, 11) is -4.15. The van der Waals surface area contributed by atoms with Crippen LogP contribution in [-0.4, -0.2) is 43.3 Å². The van der Waals surface area contributed by atoms with E-state index in [0.29, 0.717) is 11.4 Å². The van der Waals surface area contributed by atoms with Crippen molar-refractivity contribution in [3.8, 4) is 0 Å². The number of benzene rings is 3. The predicted molar refractivity (Wildman–Crippen MR) is 161 cm³/mol. The number of anilines is 1. The topological polar surface area (TPSA) is 86.8 Å². The third kappa shape index (κ3) is 7.86. The highest BCUT2D eigenvalue weighted by molar-refractivity contribution is 7.92. The fourth-order valence-electron chi connectivity index (χ4n) is 4.34. The number of carbonyl (C=O) groups excluding carboxylic acids is 2. The molecule has 2 amide bonds. The second kappa shape index (κ2) is 12.9. The van der Waals surface area contributed by atoms with Crippen LogP contribution in [-0.2, 0) is 26.2 Å². The molecule has 0 saturated carbocycles. The van der Waals surface area contributed by atoms with Crippen LogP contribution in [0.25, 0.3) is 0 Å². The van der Waals surface area contributed by atoms with Crippen LogP contribution in [0.5, 0.6) is 0 Å². The summed E-state index contributed by atoms with van der Waals surface area (Å²) in [6.07, 6.45) is 0.349. The van der Waals surface area contributed by atoms with E-state index in [2.05, 4.69) is 5.32 Å². The van der Waals surface area contributed by atoms with Gasteiger partial charge in [0.05, 0.1) is 10.6 Å². The Morgan fingerprint density at radius 3 is 2.17 bits per heavy atom. The summed E-state index contributed by atoms with van der Waals surface area (Å²) in [5.74, 6) is -0.803. The van der Waals surface area contributed by atoms with Crippen LogP contribution in [0.4, 0.5) is 5.69 Å². The van der Waals surface area contributed by atoms with E-state index in [1.807, 2.05) is 65.8 Å². The van der Waals surface area contributed by atoms with Gasteiger partial charge in [-0.2, -0.15) is 0 Å². The first-order chi connectivity index (χ1) is 18.7. The first kappa shape index (κ1) is 31.2. The summed E-state index contributed by atoms with van der Waals surface area (Å²) in [4.78, 5) is 29.1. The van der Waals surface area contributed by atoms with Crippen molar-refractivity contribution in [2.45, 2.75) is 71.0 Å². The zero-order valence-corrected chi connectivity index (χ0v) is 25.5. The van der Waals surface area contributed by atoms with Crippen molar-refractivity contribution in [3.05, 3.63) is 94.5 Å². The molecule has 0 unspecified atom stereocenters. The fourth-order valence-corrected chi connectivity index (χ4v) is 5.93. The highest BCUT2D eigenvalue weighted by Gasteiger charge is 2.34. The average molecular weight is 584 g/mol. The van der Waals surface area contributed by atoms with E-state index in [9.17, 15) is 18.0 Å². The molecule has 1 atom stereocenters. The van der Waals surface area contributed by atoms with Gasteiger partial charge in [-0.15, -0.1) is 0 Å². The Hall–Kier alpha value is -3.36. The van der Waals surface area contributed by atoms with Crippen molar-refractivity contribution >= 4 is 39.1 Å². The fraction of sp³-hybridized carbons (Fsp3) is 0.355. The summed E-state index contributed by atoms with van der Waals surface area (Å²) in [5.41, 5.74) is 2.48. The summed E-state index contributed by atoms with van der Waals surface area (Å²) in [6.45, 7) is 10.9. The summed E-state index contributed by atoms with van der Waals surface area (Å²) in [5, 5.41) is 3.31. The minimum absolute atomic E-state index is 0.0499. The van der Waals surface area contributed by atoms with Gasteiger partial charge in [0.25, 0.3) is 10.0 Å². The lowest BCUT2D eigenvalue weighted by Gasteiger charge is -2.35. The molecule has 40 heavy (non-hydrogen) atoms. The van der Waals surface area contributed by atoms with E-state index < -0.39 is 34.1 Å². The molecule has 3 aromatic rings. The Balaban J connectivity index is 2.09. The van der Waals surface area contributed by atoms with Crippen LogP contribution in [0, 0.1) is 13.8 Å². The second-order valence-corrected chi connectivity index (χ2v) is 13.2. The molecule has 0 aliphatic carbocycles. The average Bonchev–Trinajstić information content (AvgIpc) is 2.87. The summed E-state index contributed by atoms with van der Waals surface area (Å²) in [6, 6.07) is 19.6. The number of nitrogens with one attached hydrogen (secondary N) is 1. The smallest absolute Gasteiger partial charge is 0.264 e. The van der Waals surface area contributed by atoms with Gasteiger partial charge in [-0.25, -0.2) is 8.42 Å². The van der Waals surface area contributed by atoms with Crippen molar-refractivity contribution in [3.63, 3.8) is 0 Å². The molecule has 3 aromatic carbocycles. The molecular weight excluding hydrogens is 546 g/mol. The van der Waals surface area contributed by atoms with Crippen LogP contribution in [0.1, 0.15) is 50.8 Å². The number of sulfonamides is 1. The predicted octanol–water partition coefficient (Wildman–Crippen LogP) is 5.87. The normalized spacial score (nSPS) is 12.5. The molecule has 0 radical (unpaired) electrons. The van der Waals surface area contributed by atoms with Crippen LogP contribution in [0.3, 0.4) is 0 Å². The molecule has 0 fully saturated rings. The maximum atomic E-state index is 14.1. The van der Waals surface area contributed by atoms with Gasteiger partial charge in [0.2, 0.25) is 11.8 Å². The Bertz CT molecular complexity index is 1450. The number of hydrogen-bond donors (Lipinski definition) is 1. The first-order valence-electron chi connectivity index (χ1n) is 13.2. The molecule has 0 bridgehead atoms. The highest BCUT2D eigenvalue weighted by atomic mass is 35.5. The van der Waals surface area contributed by atoms with Crippen molar-refractivity contribution in [2.24, 2.45) is 0 Å². The molecule has 3 rings (SSSR count). The molecule has 7 nitrogen and oxygen atoms in total. The van der Waals surface area contributed by atoms with Crippen LogP contribution >= 0.6 is 11.6 Å². The molecule has 9 heteroatoms. The number of rotatable bonds is 10. The van der Waals surface area contributed by atoms with E-state index in [0.717, 1.165) is 21.0 Å². The minimum Gasteiger partial charge on any atom is -0.350 e. The number of nitrogens with zero attached hydrogens (tertiary/aromatic N) is 2. The standard InChI is InChI=1S/C31H38ClN3O4S/c1-7-28(30(37)33-31(4,5)6)34(20-24-12-9-8-11-23(24)3)29(36)21-35(26-14-10-13-25(32)19-26)40(38,39)27-17-15-22(2)16-18-27/h8-19,28H,7,20-21H2,1-6H3,(H,33,37)/t28-/m0/s1. The summed E-state index contributed by atoms with van der Waals surface area (Å²) >= 11 is 6.24. The second-order valence-electron chi connectivity index (χ2n) is 10.9. The van der Waals surface area contributed by atoms with Gasteiger partial charge in [0.1, 0.15) is 12.6 Å². The van der Waals surface area contributed by atoms with Crippen molar-refractivity contribution < 1.29 is 18.0 Å². The largest absolute Gasteiger partial charge is 0.350 e. The van der Waals surface area contributed by atoms with Gasteiger partial charge in [0, 0.05) is 17.1 Å². The van der Waals surface area contributed by atoms with Gasteiger partial charge < -0.3 is 10.2 Å². The summed E-state index contributed by atoms with van der Waals surface area (Å²) < 4.78 is 28.9. The lowest BCUT2D eigenvalue weighted by Crippen LogP contribution is -2.55. The maximum Gasteiger partial charge on any atom is 0.264 e. The number of carbonyl (C=O) groups is 2. The van der Waals surface area contributed by atoms with Crippen molar-refractivity contribution in [1.29, 1.82) is 0 Å². The lowest BCUT2D eigenvalue weighted by atomic mass is 10.0. The molecule has 0 aromatic heterocycles. The molecule has 214 valence electrons. The molecule has 0 heterocycles. The Labute approximate surface area is 243 Å². The zero-order chi connectivity index (χ0) is 29.7. The third-order valence-corrected chi connectivity index (χ3v) is 8.49. The third-order valence-electron chi connectivity index (χ3n) is 6.47. The van der Waals surface area contributed by atoms with Gasteiger partial charge in [0.15, 0.2) is 0 Å². The number of aryl methyl sites for hydroxylation is 2. The van der Waals surface area contributed by atoms with Crippen LogP contribution in [0.15, 0.2) is 77.7 Å². The van der Waals surface area contributed by atoms with E-state index in [1.54, 1.807) is 30.3 Å². The monoisotopic (exact) mass is 583 g/mol. The van der Waals surface area contributed by atoms with Crippen molar-refractivity contribution in [1.82, 2.24) is 10.2 Å². The minimum atomic E-state index is -4.15. The number of hydrogen-bond acceptors (Lipinski definition) is 4. The Kier molecular flexibility index (Phi) is 10.0. The van der Waals surface area contributed by atoms with Gasteiger partial charge in [-0.1, -0.05) is 66.6 Å². The van der Waals surface area contributed by atoms with Gasteiger partial charge in [-0.3, -0.25) is 13.9 Å². The van der Waals surface area contributed by atoms with E-state index in [4.69, 9.17) is 11.6 Å². The van der Waals surface area contributed by atoms with E-state index >= 15 is 0 Å². The van der Waals surface area contributed by atoms with Crippen LogP contribution in [0.2, 0.25) is 5.02 Å². The quantitative estimate of drug-likeness (QED) is 0.323. The number of amides is 2.